The SMILES string of the molecule is Cc1ccc2c(c1)CC(CN(CCCO)C1CCC1)O2. The van der Waals surface area contributed by atoms with Crippen LogP contribution in [0.1, 0.15) is 36.8 Å². The van der Waals surface area contributed by atoms with Gasteiger partial charge in [-0.15, -0.1) is 0 Å². The number of rotatable bonds is 6. The van der Waals surface area contributed by atoms with Crippen LogP contribution in [0, 0.1) is 6.92 Å². The Morgan fingerprint density at radius 3 is 2.90 bits per heavy atom. The Labute approximate surface area is 121 Å². The number of nitrogens with zero attached hydrogens (tertiary/aromatic N) is 1. The highest BCUT2D eigenvalue weighted by Crippen LogP contribution is 2.31. The number of benzene rings is 1. The summed E-state index contributed by atoms with van der Waals surface area (Å²) in [6.45, 7) is 4.42. The van der Waals surface area contributed by atoms with Crippen molar-refractivity contribution < 1.29 is 9.84 Å². The number of aliphatic hydroxyl groups is 1. The van der Waals surface area contributed by atoms with E-state index >= 15 is 0 Å². The lowest BCUT2D eigenvalue weighted by Gasteiger charge is -2.38. The largest absolute Gasteiger partial charge is 0.488 e. The van der Waals surface area contributed by atoms with Crippen molar-refractivity contribution in [2.45, 2.75) is 51.2 Å². The maximum Gasteiger partial charge on any atom is 0.123 e. The summed E-state index contributed by atoms with van der Waals surface area (Å²) in [4.78, 5) is 2.53. The first-order valence-electron chi connectivity index (χ1n) is 7.87. The van der Waals surface area contributed by atoms with E-state index in [2.05, 4.69) is 30.0 Å². The van der Waals surface area contributed by atoms with E-state index in [4.69, 9.17) is 9.84 Å². The smallest absolute Gasteiger partial charge is 0.123 e. The van der Waals surface area contributed by atoms with Crippen LogP contribution in [0.25, 0.3) is 0 Å². The second kappa shape index (κ2) is 6.15. The van der Waals surface area contributed by atoms with E-state index in [1.54, 1.807) is 0 Å². The molecule has 1 aromatic carbocycles. The van der Waals surface area contributed by atoms with Gasteiger partial charge in [0.15, 0.2) is 0 Å². The molecule has 3 nitrogen and oxygen atoms in total. The summed E-state index contributed by atoms with van der Waals surface area (Å²) in [5.41, 5.74) is 2.66. The highest BCUT2D eigenvalue weighted by Gasteiger charge is 2.30. The highest BCUT2D eigenvalue weighted by molar-refractivity contribution is 5.40. The molecule has 2 aliphatic rings. The molecule has 110 valence electrons. The molecule has 0 radical (unpaired) electrons. The Morgan fingerprint density at radius 1 is 1.35 bits per heavy atom. The van der Waals surface area contributed by atoms with Gasteiger partial charge in [0.25, 0.3) is 0 Å². The molecule has 1 aliphatic carbocycles. The Hall–Kier alpha value is -1.06. The maximum absolute atomic E-state index is 9.06. The van der Waals surface area contributed by atoms with Crippen molar-refractivity contribution in [2.75, 3.05) is 19.7 Å². The van der Waals surface area contributed by atoms with Gasteiger partial charge in [-0.2, -0.15) is 0 Å². The van der Waals surface area contributed by atoms with E-state index in [0.29, 0.717) is 0 Å². The van der Waals surface area contributed by atoms with Gasteiger partial charge in [0.05, 0.1) is 0 Å². The topological polar surface area (TPSA) is 32.7 Å². The van der Waals surface area contributed by atoms with Crippen molar-refractivity contribution in [2.24, 2.45) is 0 Å². The van der Waals surface area contributed by atoms with E-state index in [-0.39, 0.29) is 12.7 Å². The summed E-state index contributed by atoms with van der Waals surface area (Å²) in [7, 11) is 0. The molecule has 20 heavy (non-hydrogen) atoms. The van der Waals surface area contributed by atoms with Crippen molar-refractivity contribution in [3.8, 4) is 5.75 Å². The minimum absolute atomic E-state index is 0.283. The highest BCUT2D eigenvalue weighted by atomic mass is 16.5. The Morgan fingerprint density at radius 2 is 2.20 bits per heavy atom. The lowest BCUT2D eigenvalue weighted by molar-refractivity contribution is 0.0726. The monoisotopic (exact) mass is 275 g/mol. The van der Waals surface area contributed by atoms with Crippen molar-refractivity contribution in [3.05, 3.63) is 29.3 Å². The van der Waals surface area contributed by atoms with Crippen molar-refractivity contribution in [1.82, 2.24) is 4.90 Å². The van der Waals surface area contributed by atoms with Gasteiger partial charge in [-0.05, 0) is 37.8 Å². The Bertz CT molecular complexity index is 456. The molecule has 0 saturated heterocycles. The Balaban J connectivity index is 1.59. The predicted octanol–water partition coefficient (Wildman–Crippen LogP) is 2.54. The zero-order chi connectivity index (χ0) is 13.9. The molecule has 1 atom stereocenters. The average molecular weight is 275 g/mol. The molecule has 0 amide bonds. The van der Waals surface area contributed by atoms with Gasteiger partial charge < -0.3 is 9.84 Å². The molecule has 0 aromatic heterocycles. The van der Waals surface area contributed by atoms with Gasteiger partial charge in [-0.25, -0.2) is 0 Å². The molecule has 1 fully saturated rings. The fourth-order valence-corrected chi connectivity index (χ4v) is 3.26. The van der Waals surface area contributed by atoms with E-state index < -0.39 is 0 Å². The van der Waals surface area contributed by atoms with Gasteiger partial charge in [0, 0.05) is 32.2 Å². The van der Waals surface area contributed by atoms with Crippen LogP contribution in [0.5, 0.6) is 5.75 Å². The molecular formula is C17H25NO2. The molecule has 1 saturated carbocycles. The van der Waals surface area contributed by atoms with Gasteiger partial charge >= 0.3 is 0 Å². The summed E-state index contributed by atoms with van der Waals surface area (Å²) < 4.78 is 6.09. The van der Waals surface area contributed by atoms with Crippen LogP contribution in [0.4, 0.5) is 0 Å². The summed E-state index contributed by atoms with van der Waals surface area (Å²) in [5.74, 6) is 1.07. The van der Waals surface area contributed by atoms with Crippen LogP contribution in [-0.4, -0.2) is 41.8 Å². The first-order valence-corrected chi connectivity index (χ1v) is 7.87. The first-order chi connectivity index (χ1) is 9.76. The summed E-state index contributed by atoms with van der Waals surface area (Å²) >= 11 is 0. The molecule has 0 spiro atoms. The number of ether oxygens (including phenoxy) is 1. The maximum atomic E-state index is 9.06. The van der Waals surface area contributed by atoms with Crippen molar-refractivity contribution in [3.63, 3.8) is 0 Å². The average Bonchev–Trinajstić information content (AvgIpc) is 2.75. The van der Waals surface area contributed by atoms with Crippen molar-refractivity contribution >= 4 is 0 Å². The van der Waals surface area contributed by atoms with E-state index in [1.165, 1.54) is 30.4 Å². The fourth-order valence-electron chi connectivity index (χ4n) is 3.26. The minimum Gasteiger partial charge on any atom is -0.488 e. The third-order valence-corrected chi connectivity index (χ3v) is 4.59. The molecule has 1 heterocycles. The Kier molecular flexibility index (Phi) is 4.27. The predicted molar refractivity (Wildman–Crippen MR) is 80.2 cm³/mol. The molecule has 1 aliphatic heterocycles. The zero-order valence-electron chi connectivity index (χ0n) is 12.3. The van der Waals surface area contributed by atoms with E-state index in [0.717, 1.165) is 37.7 Å². The van der Waals surface area contributed by atoms with Crippen LogP contribution in [0.2, 0.25) is 0 Å². The minimum atomic E-state index is 0.283. The van der Waals surface area contributed by atoms with Gasteiger partial charge in [-0.1, -0.05) is 24.1 Å². The number of hydrogen-bond donors (Lipinski definition) is 1. The molecular weight excluding hydrogens is 250 g/mol. The fraction of sp³-hybridized carbons (Fsp3) is 0.647. The molecule has 0 bridgehead atoms. The van der Waals surface area contributed by atoms with Crippen LogP contribution in [0.3, 0.4) is 0 Å². The van der Waals surface area contributed by atoms with E-state index in [1.807, 2.05) is 0 Å². The second-order valence-electron chi connectivity index (χ2n) is 6.21. The van der Waals surface area contributed by atoms with Crippen molar-refractivity contribution in [1.29, 1.82) is 0 Å². The number of hydrogen-bond acceptors (Lipinski definition) is 3. The zero-order valence-corrected chi connectivity index (χ0v) is 12.3. The number of aliphatic hydroxyl groups excluding tert-OH is 1. The first kappa shape index (κ1) is 13.9. The van der Waals surface area contributed by atoms with Crippen LogP contribution < -0.4 is 4.74 Å². The molecule has 3 heteroatoms. The molecule has 1 unspecified atom stereocenters. The van der Waals surface area contributed by atoms with Crippen LogP contribution >= 0.6 is 0 Å². The summed E-state index contributed by atoms with van der Waals surface area (Å²) in [6.07, 6.45) is 6.15. The lowest BCUT2D eigenvalue weighted by atomic mass is 9.91. The molecule has 1 aromatic rings. The summed E-state index contributed by atoms with van der Waals surface area (Å²) in [5, 5.41) is 9.06. The number of fused-ring (bicyclic) bond motifs is 1. The van der Waals surface area contributed by atoms with Gasteiger partial charge in [0.2, 0.25) is 0 Å². The van der Waals surface area contributed by atoms with Crippen LogP contribution in [0.15, 0.2) is 18.2 Å². The normalized spacial score (nSPS) is 21.6. The van der Waals surface area contributed by atoms with Gasteiger partial charge in [-0.3, -0.25) is 4.90 Å². The van der Waals surface area contributed by atoms with Gasteiger partial charge in [0.1, 0.15) is 11.9 Å². The number of aryl methyl sites for hydroxylation is 1. The summed E-state index contributed by atoms with van der Waals surface area (Å²) in [6, 6.07) is 7.19. The second-order valence-corrected chi connectivity index (χ2v) is 6.21. The van der Waals surface area contributed by atoms with Crippen LogP contribution in [-0.2, 0) is 6.42 Å². The van der Waals surface area contributed by atoms with E-state index in [9.17, 15) is 0 Å². The standard InChI is InChI=1S/C17H25NO2/c1-13-6-7-17-14(10-13)11-16(20-17)12-18(8-3-9-19)15-4-2-5-15/h6-7,10,15-16,19H,2-5,8-9,11-12H2,1H3. The third-order valence-electron chi connectivity index (χ3n) is 4.59. The lowest BCUT2D eigenvalue weighted by Crippen LogP contribution is -2.45. The third kappa shape index (κ3) is 2.99. The molecule has 3 rings (SSSR count). The molecule has 1 N–H and O–H groups in total. The quantitative estimate of drug-likeness (QED) is 0.866.